The Morgan fingerprint density at radius 3 is 1.45 bits per heavy atom. The van der Waals surface area contributed by atoms with Crippen LogP contribution in [-0.4, -0.2) is 0 Å². The van der Waals surface area contributed by atoms with E-state index in [0.717, 1.165) is 38.3 Å². The van der Waals surface area contributed by atoms with Crippen molar-refractivity contribution < 1.29 is 22.2 Å². The summed E-state index contributed by atoms with van der Waals surface area (Å²) in [7, 11) is 0. The van der Waals surface area contributed by atoms with E-state index in [1.165, 1.54) is 0 Å². The molecule has 0 spiro atoms. The predicted octanol–water partition coefficient (Wildman–Crippen LogP) is 13.7. The molecule has 0 aliphatic heterocycles. The molecule has 228 valence electrons. The third kappa shape index (κ3) is 4.47. The van der Waals surface area contributed by atoms with E-state index in [-0.39, 0.29) is 5.56 Å². The summed E-state index contributed by atoms with van der Waals surface area (Å²) in [5.74, 6) is 0. The van der Waals surface area contributed by atoms with Gasteiger partial charge in [0.2, 0.25) is 0 Å². The summed E-state index contributed by atoms with van der Waals surface area (Å²) in [5, 5.41) is 6.51. The highest BCUT2D eigenvalue weighted by molar-refractivity contribution is 6.22. The fourth-order valence-electron chi connectivity index (χ4n) is 6.96. The van der Waals surface area contributed by atoms with E-state index in [1.807, 2.05) is 78.9 Å². The van der Waals surface area contributed by atoms with Crippen LogP contribution in [0.4, 0.5) is 0 Å². The Morgan fingerprint density at radius 1 is 0.367 bits per heavy atom. The first kappa shape index (κ1) is 17.6. The van der Waals surface area contributed by atoms with Crippen LogP contribution >= 0.6 is 0 Å². The fraction of sp³-hybridized carbons (Fsp3) is 0. The van der Waals surface area contributed by atoms with E-state index in [2.05, 4.69) is 12.1 Å². The van der Waals surface area contributed by atoms with Gasteiger partial charge in [-0.25, -0.2) is 0 Å². The zero-order chi connectivity index (χ0) is 43.6. The molecule has 49 heavy (non-hydrogen) atoms. The maximum atomic E-state index is 9.86. The molecule has 0 fully saturated rings. The van der Waals surface area contributed by atoms with Crippen LogP contribution in [0.15, 0.2) is 186 Å². The smallest absolute Gasteiger partial charge is 0.143 e. The number of benzene rings is 9. The summed E-state index contributed by atoms with van der Waals surface area (Å²) < 4.78 is 122. The standard InChI is InChI=1S/C48H30O/c1-3-13-31(14-4-1)35-27-36(32-15-5-2-6-16-32)29-37(28-35)47-42-21-11-9-19-40(42)46(41-20-10-12-22-43(41)47)34-24-25-39-44-26-23-33-17-7-8-18-38(33)48(44)49-45(39)30-34/h1-30H/i1D,2D,3D,4D,5D,6D,13D,14D,15D,16D,27D,28D,29D. The second-order valence-corrected chi connectivity index (χ2v) is 11.8. The first-order valence-electron chi connectivity index (χ1n) is 22.3. The quantitative estimate of drug-likeness (QED) is 0.175. The Labute approximate surface area is 302 Å². The van der Waals surface area contributed by atoms with Gasteiger partial charge < -0.3 is 4.42 Å². The van der Waals surface area contributed by atoms with E-state index < -0.39 is 101 Å². The van der Waals surface area contributed by atoms with Crippen molar-refractivity contribution >= 4 is 54.3 Å². The normalized spacial score (nSPS) is 15.4. The van der Waals surface area contributed by atoms with Gasteiger partial charge in [0, 0.05) is 16.2 Å². The average Bonchev–Trinajstić information content (AvgIpc) is 3.66. The lowest BCUT2D eigenvalue weighted by molar-refractivity contribution is 0.673. The second-order valence-electron chi connectivity index (χ2n) is 11.8. The van der Waals surface area contributed by atoms with E-state index in [4.69, 9.17) is 18.1 Å². The summed E-state index contributed by atoms with van der Waals surface area (Å²) in [6, 6.07) is 24.3. The van der Waals surface area contributed by atoms with Gasteiger partial charge in [-0.2, -0.15) is 0 Å². The minimum Gasteiger partial charge on any atom is -0.455 e. The van der Waals surface area contributed by atoms with E-state index in [9.17, 15) is 4.11 Å². The first-order valence-corrected chi connectivity index (χ1v) is 15.8. The summed E-state index contributed by atoms with van der Waals surface area (Å²) >= 11 is 0. The van der Waals surface area contributed by atoms with Crippen molar-refractivity contribution in [2.45, 2.75) is 0 Å². The number of fused-ring (bicyclic) bond motifs is 7. The molecule has 0 bridgehead atoms. The Morgan fingerprint density at radius 2 is 0.857 bits per heavy atom. The SMILES string of the molecule is [2H]c1c([2H])c([2H])c(-c2c([2H])c(-c3c([2H])c([2H])c([2H])c([2H])c3[2H])c([2H])c(-c3c4ccccc4c(-c4ccc5c(c4)oc4c6ccccc6ccc54)c4ccccc34)c2[2H])c([2H])c1[2H]. The van der Waals surface area contributed by atoms with Gasteiger partial charge in [0.15, 0.2) is 0 Å². The number of furan rings is 1. The van der Waals surface area contributed by atoms with Crippen molar-refractivity contribution in [2.75, 3.05) is 0 Å². The maximum absolute atomic E-state index is 9.86. The molecule has 10 aromatic rings. The van der Waals surface area contributed by atoms with Crippen molar-refractivity contribution in [2.24, 2.45) is 0 Å². The number of hydrogen-bond acceptors (Lipinski definition) is 1. The van der Waals surface area contributed by atoms with Crippen molar-refractivity contribution in [3.63, 3.8) is 0 Å². The Hall–Kier alpha value is -6.44. The minimum absolute atomic E-state index is 0.122. The largest absolute Gasteiger partial charge is 0.455 e. The Kier molecular flexibility index (Phi) is 3.99. The zero-order valence-corrected chi connectivity index (χ0v) is 25.7. The Balaban J connectivity index is 1.35. The van der Waals surface area contributed by atoms with Crippen LogP contribution in [0.2, 0.25) is 0 Å². The van der Waals surface area contributed by atoms with E-state index >= 15 is 0 Å². The highest BCUT2D eigenvalue weighted by Crippen LogP contribution is 2.46. The number of rotatable bonds is 4. The lowest BCUT2D eigenvalue weighted by atomic mass is 9.84. The fourth-order valence-corrected chi connectivity index (χ4v) is 6.96. The summed E-state index contributed by atoms with van der Waals surface area (Å²) in [6.45, 7) is 0. The second kappa shape index (κ2) is 11.1. The van der Waals surface area contributed by atoms with Gasteiger partial charge in [-0.3, -0.25) is 0 Å². The molecule has 0 unspecified atom stereocenters. The maximum Gasteiger partial charge on any atom is 0.143 e. The van der Waals surface area contributed by atoms with Gasteiger partial charge in [-0.15, -0.1) is 0 Å². The van der Waals surface area contributed by atoms with Crippen LogP contribution in [0.25, 0.3) is 98.8 Å². The summed E-state index contributed by atoms with van der Waals surface area (Å²) in [4.78, 5) is 0. The van der Waals surface area contributed by atoms with Crippen LogP contribution < -0.4 is 0 Å². The molecular formula is C48H30O. The monoisotopic (exact) mass is 635 g/mol. The van der Waals surface area contributed by atoms with Crippen molar-refractivity contribution in [3.8, 4) is 44.5 Å². The topological polar surface area (TPSA) is 13.1 Å². The molecule has 1 heterocycles. The highest BCUT2D eigenvalue weighted by Gasteiger charge is 2.19. The lowest BCUT2D eigenvalue weighted by Crippen LogP contribution is -1.92. The third-order valence-electron chi connectivity index (χ3n) is 9.08. The average molecular weight is 636 g/mol. The summed E-state index contributed by atoms with van der Waals surface area (Å²) in [5.41, 5.74) is 1.43. The van der Waals surface area contributed by atoms with Crippen LogP contribution in [0, 0.1) is 0 Å². The van der Waals surface area contributed by atoms with Crippen LogP contribution in [-0.2, 0) is 0 Å². The lowest BCUT2D eigenvalue weighted by Gasteiger charge is -2.19. The van der Waals surface area contributed by atoms with Crippen molar-refractivity contribution in [1.82, 2.24) is 0 Å². The molecule has 9 aromatic carbocycles. The number of hydrogen-bond donors (Lipinski definition) is 0. The zero-order valence-electron chi connectivity index (χ0n) is 38.7. The summed E-state index contributed by atoms with van der Waals surface area (Å²) in [6.07, 6.45) is 0. The van der Waals surface area contributed by atoms with Crippen molar-refractivity contribution in [1.29, 1.82) is 0 Å². The van der Waals surface area contributed by atoms with Gasteiger partial charge in [-0.1, -0.05) is 145 Å². The highest BCUT2D eigenvalue weighted by atomic mass is 16.3. The molecule has 1 aromatic heterocycles. The molecule has 0 amide bonds. The molecular weight excluding hydrogens is 593 g/mol. The van der Waals surface area contributed by atoms with Crippen LogP contribution in [0.5, 0.6) is 0 Å². The molecule has 0 aliphatic rings. The van der Waals surface area contributed by atoms with E-state index in [1.54, 1.807) is 12.1 Å². The Bertz CT molecular complexity index is 3420. The third-order valence-corrected chi connectivity index (χ3v) is 9.08. The molecule has 0 saturated heterocycles. The molecule has 0 atom stereocenters. The molecule has 1 heteroatoms. The van der Waals surface area contributed by atoms with Gasteiger partial charge >= 0.3 is 0 Å². The van der Waals surface area contributed by atoms with Gasteiger partial charge in [-0.05, 0) is 108 Å². The molecule has 0 aliphatic carbocycles. The molecule has 0 N–H and O–H groups in total. The van der Waals surface area contributed by atoms with Crippen LogP contribution in [0.3, 0.4) is 0 Å². The van der Waals surface area contributed by atoms with Gasteiger partial charge in [0.05, 0.1) is 17.8 Å². The molecule has 0 radical (unpaired) electrons. The molecule has 10 rings (SSSR count). The van der Waals surface area contributed by atoms with E-state index in [0.29, 0.717) is 32.7 Å². The molecule has 1 nitrogen and oxygen atoms in total. The predicted molar refractivity (Wildman–Crippen MR) is 208 cm³/mol. The van der Waals surface area contributed by atoms with Gasteiger partial charge in [0.1, 0.15) is 11.2 Å². The van der Waals surface area contributed by atoms with Gasteiger partial charge in [0.25, 0.3) is 0 Å². The van der Waals surface area contributed by atoms with Crippen LogP contribution in [0.1, 0.15) is 17.8 Å². The molecule has 0 saturated carbocycles. The first-order chi connectivity index (χ1) is 29.7. The van der Waals surface area contributed by atoms with Crippen molar-refractivity contribution in [3.05, 3.63) is 182 Å². The minimum atomic E-state index is -0.712.